The number of aliphatic carboxylic acids is 1. The van der Waals surface area contributed by atoms with Gasteiger partial charge in [-0.15, -0.1) is 0 Å². The molecule has 0 amide bonds. The van der Waals surface area contributed by atoms with Crippen LogP contribution in [0.25, 0.3) is 0 Å². The molecular formula is C10H22O5. The minimum Gasteiger partial charge on any atom is -0.481 e. The van der Waals surface area contributed by atoms with E-state index in [1.165, 1.54) is 7.11 Å². The van der Waals surface area contributed by atoms with E-state index in [0.717, 1.165) is 6.42 Å². The van der Waals surface area contributed by atoms with Crippen molar-refractivity contribution in [3.63, 3.8) is 0 Å². The van der Waals surface area contributed by atoms with Crippen LogP contribution in [0, 0.1) is 0 Å². The second kappa shape index (κ2) is 11.4. The predicted octanol–water partition coefficient (Wildman–Crippen LogP) is 0.900. The lowest BCUT2D eigenvalue weighted by Crippen LogP contribution is -2.14. The largest absolute Gasteiger partial charge is 0.481 e. The smallest absolute Gasteiger partial charge is 0.305 e. The van der Waals surface area contributed by atoms with Crippen molar-refractivity contribution in [2.45, 2.75) is 38.9 Å². The average Bonchev–Trinajstić information content (AvgIpc) is 2.14. The van der Waals surface area contributed by atoms with Gasteiger partial charge in [-0.05, 0) is 13.3 Å². The summed E-state index contributed by atoms with van der Waals surface area (Å²) in [4.78, 5) is 10.0. The van der Waals surface area contributed by atoms with Crippen LogP contribution < -0.4 is 0 Å². The Kier molecular flexibility index (Phi) is 12.8. The normalized spacial score (nSPS) is 13.7. The molecule has 0 bridgehead atoms. The average molecular weight is 222 g/mol. The van der Waals surface area contributed by atoms with Gasteiger partial charge in [0, 0.05) is 14.2 Å². The quantitative estimate of drug-likeness (QED) is 0.698. The molecule has 0 saturated carbocycles. The van der Waals surface area contributed by atoms with E-state index in [0.29, 0.717) is 6.61 Å². The zero-order chi connectivity index (χ0) is 12.3. The van der Waals surface area contributed by atoms with Crippen LogP contribution in [0.3, 0.4) is 0 Å². The topological polar surface area (TPSA) is 76.0 Å². The third kappa shape index (κ3) is 16.1. The van der Waals surface area contributed by atoms with Gasteiger partial charge in [0.2, 0.25) is 0 Å². The van der Waals surface area contributed by atoms with Gasteiger partial charge in [-0.1, -0.05) is 6.92 Å². The van der Waals surface area contributed by atoms with E-state index < -0.39 is 5.97 Å². The molecular weight excluding hydrogens is 200 g/mol. The fraction of sp³-hybridized carbons (Fsp3) is 0.900. The number of carboxylic acid groups (broad SMARTS) is 1. The molecule has 0 aliphatic rings. The van der Waals surface area contributed by atoms with E-state index in [1.54, 1.807) is 14.0 Å². The lowest BCUT2D eigenvalue weighted by molar-refractivity contribution is -0.139. The molecule has 15 heavy (non-hydrogen) atoms. The molecule has 0 spiro atoms. The molecule has 0 aromatic rings. The summed E-state index contributed by atoms with van der Waals surface area (Å²) in [7, 11) is 3.09. The zero-order valence-electron chi connectivity index (χ0n) is 9.90. The first-order chi connectivity index (χ1) is 6.97. The fourth-order valence-corrected chi connectivity index (χ4v) is 0.830. The first-order valence-corrected chi connectivity index (χ1v) is 4.89. The molecule has 5 nitrogen and oxygen atoms in total. The molecule has 0 aliphatic carbocycles. The highest BCUT2D eigenvalue weighted by Crippen LogP contribution is 2.00. The molecule has 0 fully saturated rings. The summed E-state index contributed by atoms with van der Waals surface area (Å²) in [6.45, 7) is 4.01. The second-order valence-electron chi connectivity index (χ2n) is 3.17. The lowest BCUT2D eigenvalue weighted by Gasteiger charge is -2.07. The molecule has 2 unspecified atom stereocenters. The highest BCUT2D eigenvalue weighted by molar-refractivity contribution is 5.67. The number of ether oxygens (including phenoxy) is 2. The van der Waals surface area contributed by atoms with Crippen LogP contribution in [0.15, 0.2) is 0 Å². The maximum atomic E-state index is 10.0. The predicted molar refractivity (Wildman–Crippen MR) is 56.9 cm³/mol. The molecule has 0 saturated heterocycles. The Bertz CT molecular complexity index is 143. The summed E-state index contributed by atoms with van der Waals surface area (Å²) in [5, 5.41) is 16.7. The zero-order valence-corrected chi connectivity index (χ0v) is 9.90. The van der Waals surface area contributed by atoms with Crippen LogP contribution in [-0.4, -0.2) is 49.2 Å². The molecule has 2 N–H and O–H groups in total. The second-order valence-corrected chi connectivity index (χ2v) is 3.17. The van der Waals surface area contributed by atoms with Crippen LogP contribution in [0.1, 0.15) is 26.7 Å². The van der Waals surface area contributed by atoms with Gasteiger partial charge in [0.05, 0.1) is 25.2 Å². The maximum absolute atomic E-state index is 10.0. The van der Waals surface area contributed by atoms with Gasteiger partial charge in [0.1, 0.15) is 0 Å². The Morgan fingerprint density at radius 1 is 1.40 bits per heavy atom. The Morgan fingerprint density at radius 2 is 1.93 bits per heavy atom. The van der Waals surface area contributed by atoms with Crippen molar-refractivity contribution in [3.8, 4) is 0 Å². The number of hydrogen-bond acceptors (Lipinski definition) is 4. The highest BCUT2D eigenvalue weighted by atomic mass is 16.5. The van der Waals surface area contributed by atoms with E-state index in [2.05, 4.69) is 4.74 Å². The number of carbonyl (C=O) groups is 1. The molecule has 0 radical (unpaired) electrons. The third-order valence-corrected chi connectivity index (χ3v) is 1.60. The van der Waals surface area contributed by atoms with Crippen molar-refractivity contribution in [2.24, 2.45) is 0 Å². The molecule has 0 heterocycles. The Balaban J connectivity index is 0. The summed E-state index contributed by atoms with van der Waals surface area (Å²) in [5.74, 6) is -0.802. The van der Waals surface area contributed by atoms with Crippen molar-refractivity contribution in [3.05, 3.63) is 0 Å². The number of rotatable bonds is 6. The molecule has 0 rings (SSSR count). The Labute approximate surface area is 91.0 Å². The van der Waals surface area contributed by atoms with Crippen LogP contribution in [0.5, 0.6) is 0 Å². The summed E-state index contributed by atoms with van der Waals surface area (Å²) in [6, 6.07) is 0. The summed E-state index contributed by atoms with van der Waals surface area (Å²) < 4.78 is 9.38. The van der Waals surface area contributed by atoms with Gasteiger partial charge in [-0.2, -0.15) is 0 Å². The van der Waals surface area contributed by atoms with Gasteiger partial charge in [0.15, 0.2) is 0 Å². The summed E-state index contributed by atoms with van der Waals surface area (Å²) in [6.07, 6.45) is 0.410. The molecule has 5 heteroatoms. The summed E-state index contributed by atoms with van der Waals surface area (Å²) in [5.41, 5.74) is 0. The SMILES string of the molecule is CCC(CC(=O)O)OC.COCC(C)O. The van der Waals surface area contributed by atoms with Gasteiger partial charge >= 0.3 is 5.97 Å². The minimum absolute atomic E-state index is 0.104. The van der Waals surface area contributed by atoms with Gasteiger partial charge < -0.3 is 19.7 Å². The van der Waals surface area contributed by atoms with Crippen LogP contribution in [0.2, 0.25) is 0 Å². The third-order valence-electron chi connectivity index (χ3n) is 1.60. The van der Waals surface area contributed by atoms with Crippen LogP contribution >= 0.6 is 0 Å². The van der Waals surface area contributed by atoms with E-state index in [-0.39, 0.29) is 18.6 Å². The van der Waals surface area contributed by atoms with Crippen molar-refractivity contribution in [2.75, 3.05) is 20.8 Å². The van der Waals surface area contributed by atoms with E-state index in [9.17, 15) is 4.79 Å². The van der Waals surface area contributed by atoms with Crippen molar-refractivity contribution < 1.29 is 24.5 Å². The Hall–Kier alpha value is -0.650. The van der Waals surface area contributed by atoms with Crippen molar-refractivity contribution >= 4 is 5.97 Å². The molecule has 0 aliphatic heterocycles. The van der Waals surface area contributed by atoms with Crippen molar-refractivity contribution in [1.82, 2.24) is 0 Å². The molecule has 92 valence electrons. The first kappa shape index (κ1) is 16.8. The van der Waals surface area contributed by atoms with Crippen molar-refractivity contribution in [1.29, 1.82) is 0 Å². The van der Waals surface area contributed by atoms with Gasteiger partial charge in [-0.3, -0.25) is 4.79 Å². The highest BCUT2D eigenvalue weighted by Gasteiger charge is 2.08. The lowest BCUT2D eigenvalue weighted by atomic mass is 10.2. The Morgan fingerprint density at radius 3 is 2.00 bits per heavy atom. The molecule has 0 aromatic carbocycles. The molecule has 0 aromatic heterocycles. The van der Waals surface area contributed by atoms with Crippen LogP contribution in [0.4, 0.5) is 0 Å². The summed E-state index contributed by atoms with van der Waals surface area (Å²) >= 11 is 0. The standard InChI is InChI=1S/C6H12O3.C4H10O2/c1-3-5(9-2)4-6(7)8;1-4(5)3-6-2/h5H,3-4H2,1-2H3,(H,7,8);4-5H,3H2,1-2H3. The number of aliphatic hydroxyl groups excluding tert-OH is 1. The minimum atomic E-state index is -0.802. The number of carboxylic acids is 1. The first-order valence-electron chi connectivity index (χ1n) is 4.89. The van der Waals surface area contributed by atoms with E-state index in [1.807, 2.05) is 6.92 Å². The number of methoxy groups -OCH3 is 2. The monoisotopic (exact) mass is 222 g/mol. The van der Waals surface area contributed by atoms with Gasteiger partial charge in [-0.25, -0.2) is 0 Å². The maximum Gasteiger partial charge on any atom is 0.305 e. The van der Waals surface area contributed by atoms with Gasteiger partial charge in [0.25, 0.3) is 0 Å². The van der Waals surface area contributed by atoms with E-state index >= 15 is 0 Å². The van der Waals surface area contributed by atoms with Crippen LogP contribution in [-0.2, 0) is 14.3 Å². The van der Waals surface area contributed by atoms with E-state index in [4.69, 9.17) is 14.9 Å². The molecule has 2 atom stereocenters. The fourth-order valence-electron chi connectivity index (χ4n) is 0.830. The number of hydrogen-bond donors (Lipinski definition) is 2. The number of aliphatic hydroxyl groups is 1.